The second kappa shape index (κ2) is 7.54. The molecule has 7 nitrogen and oxygen atoms in total. The van der Waals surface area contributed by atoms with Crippen LogP contribution in [0.5, 0.6) is 0 Å². The predicted molar refractivity (Wildman–Crippen MR) is 107 cm³/mol. The van der Waals surface area contributed by atoms with Crippen molar-refractivity contribution in [1.82, 2.24) is 20.0 Å². The fourth-order valence-corrected chi connectivity index (χ4v) is 4.65. The minimum atomic E-state index is 0.0946. The molecule has 150 valence electrons. The average Bonchev–Trinajstić information content (AvgIpc) is 3.35. The zero-order valence-corrected chi connectivity index (χ0v) is 17.1. The molecule has 0 bridgehead atoms. The second-order valence-corrected chi connectivity index (χ2v) is 8.25. The van der Waals surface area contributed by atoms with Gasteiger partial charge in [0.2, 0.25) is 11.8 Å². The summed E-state index contributed by atoms with van der Waals surface area (Å²) in [7, 11) is 3.89. The molecule has 3 atom stereocenters. The highest BCUT2D eigenvalue weighted by molar-refractivity contribution is 5.79. The molecule has 2 fully saturated rings. The molecule has 0 radical (unpaired) electrons. The van der Waals surface area contributed by atoms with Gasteiger partial charge in [0.05, 0.1) is 12.6 Å². The highest BCUT2D eigenvalue weighted by atomic mass is 16.4. The first-order chi connectivity index (χ1) is 13.5. The molecule has 0 N–H and O–H groups in total. The van der Waals surface area contributed by atoms with E-state index in [9.17, 15) is 4.79 Å². The van der Waals surface area contributed by atoms with Crippen LogP contribution in [0.25, 0.3) is 0 Å². The van der Waals surface area contributed by atoms with Gasteiger partial charge in [-0.1, -0.05) is 36.3 Å². The summed E-state index contributed by atoms with van der Waals surface area (Å²) in [5.41, 5.74) is 2.49. The first-order valence-corrected chi connectivity index (χ1v) is 10.0. The summed E-state index contributed by atoms with van der Waals surface area (Å²) in [4.78, 5) is 19.2. The van der Waals surface area contributed by atoms with Gasteiger partial charge in [-0.2, -0.15) is 0 Å². The Morgan fingerprint density at radius 3 is 2.68 bits per heavy atom. The van der Waals surface area contributed by atoms with E-state index in [2.05, 4.69) is 51.2 Å². The third-order valence-corrected chi connectivity index (χ3v) is 5.97. The molecule has 0 saturated carbocycles. The lowest BCUT2D eigenvalue weighted by atomic mass is 9.87. The van der Waals surface area contributed by atoms with E-state index in [0.717, 1.165) is 26.1 Å². The maximum atomic E-state index is 13.0. The number of aryl methyl sites for hydroxylation is 2. The Bertz CT molecular complexity index is 849. The lowest BCUT2D eigenvalue weighted by molar-refractivity contribution is -0.133. The van der Waals surface area contributed by atoms with Crippen molar-refractivity contribution in [1.29, 1.82) is 0 Å². The van der Waals surface area contributed by atoms with Gasteiger partial charge in [-0.15, -0.1) is 5.10 Å². The number of likely N-dealkylation sites (tertiary alicyclic amines) is 1. The Morgan fingerprint density at radius 2 is 2.00 bits per heavy atom. The minimum absolute atomic E-state index is 0.0946. The number of nitrogens with zero attached hydrogens (tertiary/aromatic N) is 5. The number of rotatable bonds is 5. The first kappa shape index (κ1) is 18.9. The fraction of sp³-hybridized carbons (Fsp3) is 0.571. The third-order valence-electron chi connectivity index (χ3n) is 5.97. The van der Waals surface area contributed by atoms with Crippen LogP contribution in [-0.4, -0.2) is 66.2 Å². The molecule has 2 saturated heterocycles. The van der Waals surface area contributed by atoms with Crippen molar-refractivity contribution in [3.8, 4) is 0 Å². The zero-order valence-electron chi connectivity index (χ0n) is 17.1. The smallest absolute Gasteiger partial charge is 0.318 e. The quantitative estimate of drug-likeness (QED) is 0.788. The molecule has 0 aliphatic carbocycles. The molecule has 7 heteroatoms. The number of benzene rings is 1. The normalized spacial score (nSPS) is 24.2. The summed E-state index contributed by atoms with van der Waals surface area (Å²) in [5.74, 6) is 1.65. The lowest BCUT2D eigenvalue weighted by Gasteiger charge is -2.31. The minimum Gasteiger partial charge on any atom is -0.408 e. The van der Waals surface area contributed by atoms with Crippen molar-refractivity contribution in [2.24, 2.45) is 11.8 Å². The molecule has 2 aliphatic heterocycles. The summed E-state index contributed by atoms with van der Waals surface area (Å²) >= 11 is 0. The zero-order chi connectivity index (χ0) is 19.8. The number of carbonyl (C=O) groups is 1. The SMILES string of the molecule is CCc1nnc(N2C[C@@H]3CN(C(=O)CN(C)C)[C@@H](c4ccccc4C)[C@@H]3C2)o1. The van der Waals surface area contributed by atoms with Crippen LogP contribution in [0.3, 0.4) is 0 Å². The molecule has 1 aromatic carbocycles. The Kier molecular flexibility index (Phi) is 5.10. The summed E-state index contributed by atoms with van der Waals surface area (Å²) in [6.45, 7) is 7.05. The summed E-state index contributed by atoms with van der Waals surface area (Å²) in [5, 5.41) is 8.34. The molecule has 2 aliphatic rings. The van der Waals surface area contributed by atoms with Gasteiger partial charge in [-0.05, 0) is 32.1 Å². The molecule has 1 amide bonds. The van der Waals surface area contributed by atoms with E-state index in [4.69, 9.17) is 4.42 Å². The lowest BCUT2D eigenvalue weighted by Crippen LogP contribution is -2.40. The summed E-state index contributed by atoms with van der Waals surface area (Å²) in [6.07, 6.45) is 0.742. The van der Waals surface area contributed by atoms with Gasteiger partial charge in [-0.25, -0.2) is 0 Å². The van der Waals surface area contributed by atoms with Gasteiger partial charge >= 0.3 is 6.01 Å². The van der Waals surface area contributed by atoms with Crippen LogP contribution in [0, 0.1) is 18.8 Å². The van der Waals surface area contributed by atoms with Gasteiger partial charge in [0.15, 0.2) is 0 Å². The molecule has 2 aromatic rings. The number of hydrogen-bond acceptors (Lipinski definition) is 6. The molecule has 4 rings (SSSR count). The van der Waals surface area contributed by atoms with Gasteiger partial charge in [0.1, 0.15) is 0 Å². The van der Waals surface area contributed by atoms with Gasteiger partial charge in [0, 0.05) is 37.9 Å². The number of amides is 1. The van der Waals surface area contributed by atoms with Crippen LogP contribution in [0.1, 0.15) is 30.0 Å². The van der Waals surface area contributed by atoms with Crippen molar-refractivity contribution in [3.05, 3.63) is 41.3 Å². The maximum Gasteiger partial charge on any atom is 0.318 e. The Morgan fingerprint density at radius 1 is 1.21 bits per heavy atom. The van der Waals surface area contributed by atoms with Crippen LogP contribution < -0.4 is 4.90 Å². The van der Waals surface area contributed by atoms with E-state index in [1.165, 1.54) is 11.1 Å². The van der Waals surface area contributed by atoms with Crippen molar-refractivity contribution < 1.29 is 9.21 Å². The highest BCUT2D eigenvalue weighted by Gasteiger charge is 2.50. The predicted octanol–water partition coefficient (Wildman–Crippen LogP) is 2.14. The highest BCUT2D eigenvalue weighted by Crippen LogP contribution is 2.46. The Labute approximate surface area is 166 Å². The molecule has 1 aromatic heterocycles. The van der Waals surface area contributed by atoms with Crippen molar-refractivity contribution in [2.45, 2.75) is 26.3 Å². The Hall–Kier alpha value is -2.41. The Balaban J connectivity index is 1.62. The number of carbonyl (C=O) groups excluding carboxylic acids is 1. The number of hydrogen-bond donors (Lipinski definition) is 0. The third kappa shape index (κ3) is 3.39. The largest absolute Gasteiger partial charge is 0.408 e. The first-order valence-electron chi connectivity index (χ1n) is 10.0. The second-order valence-electron chi connectivity index (χ2n) is 8.25. The fourth-order valence-electron chi connectivity index (χ4n) is 4.65. The van der Waals surface area contributed by atoms with E-state index in [0.29, 0.717) is 30.3 Å². The number of anilines is 1. The van der Waals surface area contributed by atoms with E-state index in [1.54, 1.807) is 0 Å². The standard InChI is InChI=1S/C21H29N5O2/c1-5-18-22-23-21(28-18)25-10-15-11-26(19(27)13-24(3)4)20(17(15)12-25)16-9-7-6-8-14(16)2/h6-9,15,17,20H,5,10-13H2,1-4H3/t15-,17-,20+/m1/s1. The topological polar surface area (TPSA) is 65.7 Å². The monoisotopic (exact) mass is 383 g/mol. The molecule has 28 heavy (non-hydrogen) atoms. The molecular weight excluding hydrogens is 354 g/mol. The van der Waals surface area contributed by atoms with Crippen molar-refractivity contribution in [2.75, 3.05) is 45.2 Å². The maximum absolute atomic E-state index is 13.0. The molecule has 0 spiro atoms. The average molecular weight is 383 g/mol. The van der Waals surface area contributed by atoms with Gasteiger partial charge < -0.3 is 19.1 Å². The molecular formula is C21H29N5O2. The van der Waals surface area contributed by atoms with Gasteiger partial charge in [0.25, 0.3) is 0 Å². The van der Waals surface area contributed by atoms with Crippen LogP contribution >= 0.6 is 0 Å². The van der Waals surface area contributed by atoms with E-state index < -0.39 is 0 Å². The van der Waals surface area contributed by atoms with Gasteiger partial charge in [-0.3, -0.25) is 4.79 Å². The van der Waals surface area contributed by atoms with Crippen molar-refractivity contribution >= 4 is 11.9 Å². The van der Waals surface area contributed by atoms with Crippen LogP contribution in [0.4, 0.5) is 6.01 Å². The number of fused-ring (bicyclic) bond motifs is 1. The summed E-state index contributed by atoms with van der Waals surface area (Å²) < 4.78 is 5.79. The number of likely N-dealkylation sites (N-methyl/N-ethyl adjacent to an activating group) is 1. The van der Waals surface area contributed by atoms with E-state index in [-0.39, 0.29) is 11.9 Å². The van der Waals surface area contributed by atoms with Crippen LogP contribution in [0.15, 0.2) is 28.7 Å². The van der Waals surface area contributed by atoms with E-state index >= 15 is 0 Å². The molecule has 0 unspecified atom stereocenters. The number of aromatic nitrogens is 2. The van der Waals surface area contributed by atoms with Crippen molar-refractivity contribution in [3.63, 3.8) is 0 Å². The van der Waals surface area contributed by atoms with Crippen LogP contribution in [0.2, 0.25) is 0 Å². The molecule has 3 heterocycles. The van der Waals surface area contributed by atoms with Crippen LogP contribution in [-0.2, 0) is 11.2 Å². The summed E-state index contributed by atoms with van der Waals surface area (Å²) in [6, 6.07) is 9.14. The van der Waals surface area contributed by atoms with E-state index in [1.807, 2.05) is 25.9 Å².